The summed E-state index contributed by atoms with van der Waals surface area (Å²) in [5, 5.41) is 12.0. The fraction of sp³-hybridized carbons (Fsp3) is 0.846. The number of hydrogen-bond acceptors (Lipinski definition) is 4. The van der Waals surface area contributed by atoms with Gasteiger partial charge in [-0.25, -0.2) is 0 Å². The number of carbonyl (C=O) groups excluding carboxylic acids is 2. The third-order valence-electron chi connectivity index (χ3n) is 3.92. The molecule has 2 amide bonds. The summed E-state index contributed by atoms with van der Waals surface area (Å²) in [6.45, 7) is 6.26. The van der Waals surface area contributed by atoms with Crippen molar-refractivity contribution in [2.45, 2.75) is 44.5 Å². The summed E-state index contributed by atoms with van der Waals surface area (Å²) in [7, 11) is 0. The van der Waals surface area contributed by atoms with Gasteiger partial charge in [0.1, 0.15) is 6.04 Å². The van der Waals surface area contributed by atoms with E-state index in [1.165, 1.54) is 0 Å². The maximum atomic E-state index is 12.2. The molecule has 0 aromatic heterocycles. The third kappa shape index (κ3) is 2.74. The number of amides is 2. The molecule has 5 nitrogen and oxygen atoms in total. The summed E-state index contributed by atoms with van der Waals surface area (Å²) >= 11 is 1.69. The van der Waals surface area contributed by atoms with E-state index in [-0.39, 0.29) is 34.7 Å². The highest BCUT2D eigenvalue weighted by atomic mass is 32.2. The monoisotopic (exact) mass is 286 g/mol. The Labute approximate surface area is 118 Å². The zero-order valence-electron chi connectivity index (χ0n) is 11.7. The van der Waals surface area contributed by atoms with Crippen molar-refractivity contribution in [1.29, 1.82) is 0 Å². The summed E-state index contributed by atoms with van der Waals surface area (Å²) in [4.78, 5) is 25.7. The molecular weight excluding hydrogens is 264 g/mol. The second kappa shape index (κ2) is 4.98. The molecule has 0 saturated carbocycles. The molecule has 0 spiro atoms. The molecule has 0 aliphatic carbocycles. The van der Waals surface area contributed by atoms with Crippen LogP contribution in [0, 0.1) is 5.41 Å². The summed E-state index contributed by atoms with van der Waals surface area (Å²) in [6.07, 6.45) is 1.36. The van der Waals surface area contributed by atoms with Crippen molar-refractivity contribution >= 4 is 23.6 Å². The Bertz CT molecular complexity index is 399. The zero-order chi connectivity index (χ0) is 14.3. The Morgan fingerprint density at radius 3 is 2.95 bits per heavy atom. The molecule has 6 heteroatoms. The zero-order valence-corrected chi connectivity index (χ0v) is 12.5. The van der Waals surface area contributed by atoms with Crippen molar-refractivity contribution in [3.8, 4) is 0 Å². The van der Waals surface area contributed by atoms with Gasteiger partial charge < -0.3 is 15.3 Å². The van der Waals surface area contributed by atoms with Crippen LogP contribution in [0.2, 0.25) is 0 Å². The average molecular weight is 286 g/mol. The van der Waals surface area contributed by atoms with Gasteiger partial charge in [-0.15, -0.1) is 11.8 Å². The number of rotatable bonds is 4. The average Bonchev–Trinajstić information content (AvgIpc) is 2.84. The number of thioether (sulfide) groups is 1. The first-order chi connectivity index (χ1) is 8.79. The van der Waals surface area contributed by atoms with Crippen LogP contribution in [-0.2, 0) is 9.59 Å². The van der Waals surface area contributed by atoms with Gasteiger partial charge in [-0.2, -0.15) is 0 Å². The van der Waals surface area contributed by atoms with E-state index >= 15 is 0 Å². The fourth-order valence-corrected chi connectivity index (χ4v) is 3.95. The lowest BCUT2D eigenvalue weighted by Gasteiger charge is -2.30. The molecule has 2 aliphatic heterocycles. The molecule has 0 aromatic carbocycles. The van der Waals surface area contributed by atoms with E-state index in [1.807, 2.05) is 20.8 Å². The Balaban J connectivity index is 1.99. The van der Waals surface area contributed by atoms with Gasteiger partial charge in [0.05, 0.1) is 4.87 Å². The lowest BCUT2D eigenvalue weighted by atomic mass is 9.95. The van der Waals surface area contributed by atoms with Crippen LogP contribution in [0.4, 0.5) is 0 Å². The first-order valence-corrected chi connectivity index (χ1v) is 7.62. The van der Waals surface area contributed by atoms with Crippen LogP contribution in [0.5, 0.6) is 0 Å². The molecule has 108 valence electrons. The minimum Gasteiger partial charge on any atom is -0.396 e. The van der Waals surface area contributed by atoms with E-state index in [1.54, 1.807) is 16.7 Å². The molecule has 2 aliphatic rings. The highest BCUT2D eigenvalue weighted by Crippen LogP contribution is 2.47. The van der Waals surface area contributed by atoms with Gasteiger partial charge in [0, 0.05) is 30.7 Å². The molecule has 0 radical (unpaired) electrons. The van der Waals surface area contributed by atoms with Gasteiger partial charge in [0.2, 0.25) is 11.8 Å². The highest BCUT2D eigenvalue weighted by molar-refractivity contribution is 8.01. The van der Waals surface area contributed by atoms with Crippen molar-refractivity contribution in [2.24, 2.45) is 5.41 Å². The SMILES string of the molecule is CC(C)(CO)CNC(=O)C1CSC2(C)CCC(=O)N12. The van der Waals surface area contributed by atoms with E-state index < -0.39 is 0 Å². The third-order valence-corrected chi connectivity index (χ3v) is 5.42. The first kappa shape index (κ1) is 14.7. The van der Waals surface area contributed by atoms with Crippen molar-refractivity contribution in [2.75, 3.05) is 18.9 Å². The number of nitrogens with one attached hydrogen (secondary N) is 1. The smallest absolute Gasteiger partial charge is 0.243 e. The van der Waals surface area contributed by atoms with Crippen molar-refractivity contribution in [1.82, 2.24) is 10.2 Å². The number of aliphatic hydroxyl groups is 1. The van der Waals surface area contributed by atoms with E-state index in [4.69, 9.17) is 0 Å². The van der Waals surface area contributed by atoms with Gasteiger partial charge in [0.15, 0.2) is 0 Å². The quantitative estimate of drug-likeness (QED) is 0.793. The maximum Gasteiger partial charge on any atom is 0.243 e. The minimum absolute atomic E-state index is 0.0209. The predicted molar refractivity (Wildman–Crippen MR) is 74.6 cm³/mol. The Morgan fingerprint density at radius 1 is 1.63 bits per heavy atom. The summed E-state index contributed by atoms with van der Waals surface area (Å²) in [5.41, 5.74) is -0.334. The molecule has 2 N–H and O–H groups in total. The molecule has 2 atom stereocenters. The van der Waals surface area contributed by atoms with E-state index in [9.17, 15) is 14.7 Å². The largest absolute Gasteiger partial charge is 0.396 e. The van der Waals surface area contributed by atoms with E-state index in [0.717, 1.165) is 6.42 Å². The second-order valence-corrected chi connectivity index (χ2v) is 7.81. The van der Waals surface area contributed by atoms with Crippen LogP contribution < -0.4 is 5.32 Å². The molecule has 0 bridgehead atoms. The van der Waals surface area contributed by atoms with Gasteiger partial charge in [-0.3, -0.25) is 9.59 Å². The Kier molecular flexibility index (Phi) is 3.84. The molecule has 2 unspecified atom stereocenters. The molecule has 19 heavy (non-hydrogen) atoms. The van der Waals surface area contributed by atoms with Crippen LogP contribution >= 0.6 is 11.8 Å². The number of nitrogens with zero attached hydrogens (tertiary/aromatic N) is 1. The summed E-state index contributed by atoms with van der Waals surface area (Å²) < 4.78 is 0. The van der Waals surface area contributed by atoms with Crippen molar-refractivity contribution < 1.29 is 14.7 Å². The highest BCUT2D eigenvalue weighted by Gasteiger charge is 2.52. The second-order valence-electron chi connectivity index (χ2n) is 6.31. The summed E-state index contributed by atoms with van der Waals surface area (Å²) in [5.74, 6) is 0.634. The Morgan fingerprint density at radius 2 is 2.32 bits per heavy atom. The van der Waals surface area contributed by atoms with Gasteiger partial charge in [0.25, 0.3) is 0 Å². The van der Waals surface area contributed by atoms with Crippen LogP contribution in [0.15, 0.2) is 0 Å². The van der Waals surface area contributed by atoms with Crippen LogP contribution in [0.25, 0.3) is 0 Å². The number of carbonyl (C=O) groups is 2. The van der Waals surface area contributed by atoms with Gasteiger partial charge in [-0.1, -0.05) is 13.8 Å². The predicted octanol–water partition coefficient (Wildman–Crippen LogP) is 0.575. The van der Waals surface area contributed by atoms with Crippen molar-refractivity contribution in [3.05, 3.63) is 0 Å². The fourth-order valence-electron chi connectivity index (χ4n) is 2.51. The number of fused-ring (bicyclic) bond motifs is 1. The number of aliphatic hydroxyl groups excluding tert-OH is 1. The standard InChI is InChI=1S/C13H22N2O3S/c1-12(2,8-16)7-14-11(18)9-6-19-13(3)5-4-10(17)15(9)13/h9,16H,4-8H2,1-3H3,(H,14,18). The van der Waals surface area contributed by atoms with Crippen LogP contribution in [-0.4, -0.2) is 51.6 Å². The normalized spacial score (nSPS) is 30.6. The van der Waals surface area contributed by atoms with E-state index in [0.29, 0.717) is 18.7 Å². The number of hydrogen-bond donors (Lipinski definition) is 2. The molecule has 2 heterocycles. The van der Waals surface area contributed by atoms with Gasteiger partial charge in [-0.05, 0) is 13.3 Å². The molecular formula is C13H22N2O3S. The summed E-state index contributed by atoms with van der Waals surface area (Å²) in [6, 6.07) is -0.362. The molecule has 0 aromatic rings. The molecule has 2 fully saturated rings. The maximum absolute atomic E-state index is 12.2. The Hall–Kier alpha value is -0.750. The van der Waals surface area contributed by atoms with E-state index in [2.05, 4.69) is 5.32 Å². The minimum atomic E-state index is -0.362. The topological polar surface area (TPSA) is 69.6 Å². The van der Waals surface area contributed by atoms with Crippen LogP contribution in [0.3, 0.4) is 0 Å². The van der Waals surface area contributed by atoms with Crippen molar-refractivity contribution in [3.63, 3.8) is 0 Å². The first-order valence-electron chi connectivity index (χ1n) is 6.64. The molecule has 2 saturated heterocycles. The van der Waals surface area contributed by atoms with Crippen LogP contribution in [0.1, 0.15) is 33.6 Å². The van der Waals surface area contributed by atoms with Gasteiger partial charge >= 0.3 is 0 Å². The lowest BCUT2D eigenvalue weighted by molar-refractivity contribution is -0.138. The lowest BCUT2D eigenvalue weighted by Crippen LogP contribution is -2.51. The molecule has 2 rings (SSSR count).